The minimum atomic E-state index is -3.53. The average molecular weight is 470 g/mol. The van der Waals surface area contributed by atoms with E-state index in [-0.39, 0.29) is 11.8 Å². The van der Waals surface area contributed by atoms with Gasteiger partial charge < -0.3 is 10.6 Å². The molecule has 33 heavy (non-hydrogen) atoms. The number of carbonyl (C=O) groups is 1. The van der Waals surface area contributed by atoms with Crippen molar-refractivity contribution in [2.75, 3.05) is 30.3 Å². The Balaban J connectivity index is 1.28. The van der Waals surface area contributed by atoms with E-state index in [9.17, 15) is 13.2 Å². The predicted octanol–water partition coefficient (Wildman–Crippen LogP) is 4.94. The molecule has 1 amide bonds. The Labute approximate surface area is 197 Å². The first-order valence-electron chi connectivity index (χ1n) is 12.0. The van der Waals surface area contributed by atoms with Gasteiger partial charge in [0.05, 0.1) is 4.90 Å². The number of anilines is 2. The molecule has 0 unspecified atom stereocenters. The summed E-state index contributed by atoms with van der Waals surface area (Å²) in [6.45, 7) is 5.61. The van der Waals surface area contributed by atoms with E-state index in [1.807, 2.05) is 44.2 Å². The molecular formula is C26H35N3O3S. The number of rotatable bonds is 7. The Morgan fingerprint density at radius 3 is 2.18 bits per heavy atom. The van der Waals surface area contributed by atoms with E-state index >= 15 is 0 Å². The summed E-state index contributed by atoms with van der Waals surface area (Å²) in [6, 6.07) is 13.1. The molecule has 1 heterocycles. The average Bonchev–Trinajstić information content (AvgIpc) is 3.34. The highest BCUT2D eigenvalue weighted by Gasteiger charge is 2.32. The Morgan fingerprint density at radius 2 is 1.55 bits per heavy atom. The molecule has 0 spiro atoms. The molecule has 0 radical (unpaired) electrons. The molecule has 6 nitrogen and oxygen atoms in total. The van der Waals surface area contributed by atoms with Crippen molar-refractivity contribution in [2.45, 2.75) is 57.3 Å². The van der Waals surface area contributed by atoms with Crippen LogP contribution in [0.25, 0.3) is 0 Å². The zero-order valence-corrected chi connectivity index (χ0v) is 20.5. The van der Waals surface area contributed by atoms with E-state index in [0.717, 1.165) is 35.0 Å². The normalized spacial score (nSPS) is 18.4. The fourth-order valence-electron chi connectivity index (χ4n) is 4.77. The zero-order valence-electron chi connectivity index (χ0n) is 19.6. The number of piperidine rings is 1. The highest BCUT2D eigenvalue weighted by Crippen LogP contribution is 2.27. The van der Waals surface area contributed by atoms with Crippen LogP contribution in [0.3, 0.4) is 0 Å². The molecule has 1 aliphatic carbocycles. The van der Waals surface area contributed by atoms with Crippen LogP contribution >= 0.6 is 0 Å². The number of nitrogens with zero attached hydrogens (tertiary/aromatic N) is 1. The number of hydrogen-bond acceptors (Lipinski definition) is 4. The van der Waals surface area contributed by atoms with Crippen molar-refractivity contribution in [1.29, 1.82) is 0 Å². The number of hydrogen-bond donors (Lipinski definition) is 2. The number of nitrogens with one attached hydrogen (secondary N) is 2. The molecule has 2 fully saturated rings. The fourth-order valence-corrected chi connectivity index (χ4v) is 6.33. The van der Waals surface area contributed by atoms with Crippen LogP contribution < -0.4 is 10.6 Å². The van der Waals surface area contributed by atoms with Gasteiger partial charge in [-0.1, -0.05) is 18.9 Å². The Kier molecular flexibility index (Phi) is 7.39. The van der Waals surface area contributed by atoms with Crippen molar-refractivity contribution in [3.63, 3.8) is 0 Å². The highest BCUT2D eigenvalue weighted by atomic mass is 32.2. The molecule has 2 aromatic rings. The van der Waals surface area contributed by atoms with Gasteiger partial charge in [0.25, 0.3) is 0 Å². The van der Waals surface area contributed by atoms with Crippen LogP contribution in [-0.2, 0) is 14.8 Å². The lowest BCUT2D eigenvalue weighted by Crippen LogP contribution is -2.41. The molecule has 0 aromatic heterocycles. The van der Waals surface area contributed by atoms with Gasteiger partial charge in [-0.15, -0.1) is 0 Å². The fraction of sp³-hybridized carbons (Fsp3) is 0.500. The Morgan fingerprint density at radius 1 is 0.909 bits per heavy atom. The zero-order chi connectivity index (χ0) is 23.4. The van der Waals surface area contributed by atoms with Gasteiger partial charge in [-0.25, -0.2) is 8.42 Å². The monoisotopic (exact) mass is 469 g/mol. The quantitative estimate of drug-likeness (QED) is 0.602. The highest BCUT2D eigenvalue weighted by molar-refractivity contribution is 7.89. The van der Waals surface area contributed by atoms with E-state index in [1.165, 1.54) is 30.0 Å². The predicted molar refractivity (Wildman–Crippen MR) is 133 cm³/mol. The lowest BCUT2D eigenvalue weighted by Gasteiger charge is -2.30. The van der Waals surface area contributed by atoms with E-state index in [2.05, 4.69) is 10.6 Å². The van der Waals surface area contributed by atoms with E-state index in [0.29, 0.717) is 30.8 Å². The summed E-state index contributed by atoms with van der Waals surface area (Å²) >= 11 is 0. The summed E-state index contributed by atoms with van der Waals surface area (Å²) in [5.41, 5.74) is 3.88. The van der Waals surface area contributed by atoms with Crippen LogP contribution in [0.5, 0.6) is 0 Å². The Bertz CT molecular complexity index is 1070. The largest absolute Gasteiger partial charge is 0.385 e. The molecule has 178 valence electrons. The number of sulfonamides is 1. The van der Waals surface area contributed by atoms with Gasteiger partial charge >= 0.3 is 0 Å². The van der Waals surface area contributed by atoms with Crippen LogP contribution in [-0.4, -0.2) is 38.3 Å². The Hall–Kier alpha value is -2.38. The summed E-state index contributed by atoms with van der Waals surface area (Å²) in [7, 11) is -3.53. The molecule has 4 rings (SSSR count). The van der Waals surface area contributed by atoms with Crippen molar-refractivity contribution in [3.05, 3.63) is 53.6 Å². The molecule has 1 saturated carbocycles. The second kappa shape index (κ2) is 10.3. The minimum absolute atomic E-state index is 0.0371. The number of carbonyl (C=O) groups excluding carboxylic acids is 1. The van der Waals surface area contributed by atoms with Gasteiger partial charge in [0.15, 0.2) is 0 Å². The standard InChI is InChI=1S/C26H35N3O3S/c1-19-7-12-25(17-20(19)2)33(31,32)29-15-13-22(14-16-29)26(30)28-24-10-8-23(9-11-24)27-18-21-5-3-4-6-21/h7-12,17,21-22,27H,3-6,13-16,18H2,1-2H3,(H,28,30). The molecule has 0 atom stereocenters. The first-order valence-corrected chi connectivity index (χ1v) is 13.5. The third-order valence-electron chi connectivity index (χ3n) is 7.16. The van der Waals surface area contributed by atoms with Crippen LogP contribution in [0.1, 0.15) is 49.7 Å². The molecule has 2 aliphatic rings. The number of aryl methyl sites for hydroxylation is 2. The summed E-state index contributed by atoms with van der Waals surface area (Å²) < 4.78 is 27.5. The van der Waals surface area contributed by atoms with Crippen LogP contribution in [0.4, 0.5) is 11.4 Å². The molecule has 1 saturated heterocycles. The summed E-state index contributed by atoms with van der Waals surface area (Å²) in [4.78, 5) is 13.1. The van der Waals surface area contributed by atoms with Gasteiger partial charge in [-0.05, 0) is 93.0 Å². The van der Waals surface area contributed by atoms with Crippen LogP contribution in [0, 0.1) is 25.7 Å². The lowest BCUT2D eigenvalue weighted by molar-refractivity contribution is -0.120. The maximum atomic E-state index is 13.0. The van der Waals surface area contributed by atoms with Crippen LogP contribution in [0.15, 0.2) is 47.4 Å². The summed E-state index contributed by atoms with van der Waals surface area (Å²) in [5.74, 6) is 0.551. The third kappa shape index (κ3) is 5.76. The van der Waals surface area contributed by atoms with E-state index < -0.39 is 10.0 Å². The summed E-state index contributed by atoms with van der Waals surface area (Å²) in [6.07, 6.45) is 6.35. The van der Waals surface area contributed by atoms with Gasteiger partial charge in [-0.3, -0.25) is 4.79 Å². The molecule has 2 N–H and O–H groups in total. The molecule has 7 heteroatoms. The molecule has 0 bridgehead atoms. The van der Waals surface area contributed by atoms with Gasteiger partial charge in [0.2, 0.25) is 15.9 Å². The SMILES string of the molecule is Cc1ccc(S(=O)(=O)N2CCC(C(=O)Nc3ccc(NCC4CCCC4)cc3)CC2)cc1C. The third-order valence-corrected chi connectivity index (χ3v) is 9.06. The van der Waals surface area contributed by atoms with E-state index in [4.69, 9.17) is 0 Å². The topological polar surface area (TPSA) is 78.5 Å². The maximum Gasteiger partial charge on any atom is 0.243 e. The number of benzene rings is 2. The molecule has 2 aromatic carbocycles. The van der Waals surface area contributed by atoms with Crippen molar-refractivity contribution < 1.29 is 13.2 Å². The van der Waals surface area contributed by atoms with Gasteiger partial charge in [-0.2, -0.15) is 4.31 Å². The van der Waals surface area contributed by atoms with Crippen molar-refractivity contribution in [1.82, 2.24) is 4.31 Å². The first-order chi connectivity index (χ1) is 15.8. The molecular weight excluding hydrogens is 434 g/mol. The van der Waals surface area contributed by atoms with E-state index in [1.54, 1.807) is 12.1 Å². The van der Waals surface area contributed by atoms with Crippen molar-refractivity contribution >= 4 is 27.3 Å². The molecule has 1 aliphatic heterocycles. The number of amides is 1. The van der Waals surface area contributed by atoms with Crippen molar-refractivity contribution in [3.8, 4) is 0 Å². The summed E-state index contributed by atoms with van der Waals surface area (Å²) in [5, 5.41) is 6.49. The van der Waals surface area contributed by atoms with Crippen LogP contribution in [0.2, 0.25) is 0 Å². The maximum absolute atomic E-state index is 13.0. The van der Waals surface area contributed by atoms with Crippen molar-refractivity contribution in [2.24, 2.45) is 11.8 Å². The lowest BCUT2D eigenvalue weighted by atomic mass is 9.97. The van der Waals surface area contributed by atoms with Gasteiger partial charge in [0.1, 0.15) is 0 Å². The smallest absolute Gasteiger partial charge is 0.243 e. The second-order valence-corrected chi connectivity index (χ2v) is 11.5. The minimum Gasteiger partial charge on any atom is -0.385 e. The second-order valence-electron chi connectivity index (χ2n) is 9.52. The van der Waals surface area contributed by atoms with Gasteiger partial charge in [0, 0.05) is 36.9 Å². The first kappa shape index (κ1) is 23.8.